The number of amides is 2. The summed E-state index contributed by atoms with van der Waals surface area (Å²) >= 11 is 0. The van der Waals surface area contributed by atoms with E-state index in [-0.39, 0.29) is 42.2 Å². The minimum atomic E-state index is -3.68. The molecule has 2 unspecified atom stereocenters. The van der Waals surface area contributed by atoms with Gasteiger partial charge in [0.2, 0.25) is 21.8 Å². The van der Waals surface area contributed by atoms with Crippen molar-refractivity contribution in [3.05, 3.63) is 78.4 Å². The first-order chi connectivity index (χ1) is 23.6. The van der Waals surface area contributed by atoms with E-state index in [0.29, 0.717) is 24.3 Å². The van der Waals surface area contributed by atoms with E-state index in [1.165, 1.54) is 20.2 Å². The summed E-state index contributed by atoms with van der Waals surface area (Å²) in [5.41, 5.74) is 1.59. The molecular weight excluding hydrogens is 675 g/mol. The Morgan fingerprint density at radius 1 is 0.920 bits per heavy atom. The second kappa shape index (κ2) is 19.5. The molecule has 0 spiro atoms. The van der Waals surface area contributed by atoms with Gasteiger partial charge in [0.1, 0.15) is 6.04 Å². The van der Waals surface area contributed by atoms with Crippen LogP contribution in [-0.4, -0.2) is 81.3 Å². The van der Waals surface area contributed by atoms with Crippen LogP contribution in [0.2, 0.25) is 0 Å². The molecule has 0 bridgehead atoms. The number of hydrogen-bond donors (Lipinski definition) is 3. The van der Waals surface area contributed by atoms with Crippen molar-refractivity contribution >= 4 is 31.7 Å². The van der Waals surface area contributed by atoms with E-state index in [9.17, 15) is 31.5 Å². The van der Waals surface area contributed by atoms with Crippen molar-refractivity contribution in [1.82, 2.24) is 14.9 Å². The summed E-state index contributed by atoms with van der Waals surface area (Å²) in [6, 6.07) is 14.5. The molecule has 2 amide bonds. The van der Waals surface area contributed by atoms with Crippen molar-refractivity contribution in [1.29, 1.82) is 0 Å². The normalized spacial score (nSPS) is 16.8. The topological polar surface area (TPSA) is 150 Å². The Hall–Kier alpha value is -3.06. The minimum absolute atomic E-state index is 0.0340. The van der Waals surface area contributed by atoms with Gasteiger partial charge in [-0.2, -0.15) is 0 Å². The number of carbonyl (C=O) groups excluding carboxylic acids is 2. The van der Waals surface area contributed by atoms with E-state index < -0.39 is 55.1 Å². The summed E-state index contributed by atoms with van der Waals surface area (Å²) in [5.74, 6) is -1.13. The molecule has 0 heterocycles. The number of rotatable bonds is 20. The molecule has 12 heteroatoms. The molecule has 3 N–H and O–H groups in total. The number of nitrogens with zero attached hydrogens (tertiary/aromatic N) is 1. The number of aliphatic hydroxyl groups excluding tert-OH is 1. The molecule has 0 aliphatic heterocycles. The van der Waals surface area contributed by atoms with Crippen molar-refractivity contribution in [2.24, 2.45) is 11.8 Å². The molecule has 1 fully saturated rings. The highest BCUT2D eigenvalue weighted by Gasteiger charge is 2.31. The molecule has 10 nitrogen and oxygen atoms in total. The summed E-state index contributed by atoms with van der Waals surface area (Å²) in [6.45, 7) is 7.09. The van der Waals surface area contributed by atoms with Crippen molar-refractivity contribution < 1.29 is 31.5 Å². The van der Waals surface area contributed by atoms with E-state index in [2.05, 4.69) is 17.2 Å². The van der Waals surface area contributed by atoms with Crippen LogP contribution < -0.4 is 10.6 Å². The fourth-order valence-electron chi connectivity index (χ4n) is 6.48. The highest BCUT2D eigenvalue weighted by Crippen LogP contribution is 2.29. The van der Waals surface area contributed by atoms with Gasteiger partial charge < -0.3 is 15.7 Å². The molecule has 0 aromatic heterocycles. The summed E-state index contributed by atoms with van der Waals surface area (Å²) in [6.07, 6.45) is 7.82. The van der Waals surface area contributed by atoms with Crippen molar-refractivity contribution in [2.45, 2.75) is 113 Å². The first kappa shape index (κ1) is 41.4. The number of hydrogen-bond acceptors (Lipinski definition) is 7. The van der Waals surface area contributed by atoms with Gasteiger partial charge in [-0.3, -0.25) is 9.59 Å². The van der Waals surface area contributed by atoms with Crippen molar-refractivity contribution in [3.63, 3.8) is 0 Å². The van der Waals surface area contributed by atoms with Crippen LogP contribution in [0, 0.1) is 11.8 Å². The zero-order valence-electron chi connectivity index (χ0n) is 30.1. The second-order valence-corrected chi connectivity index (χ2v) is 18.9. The standard InChI is InChI=1S/C38H57N3O7S2/c1-6-15-34(38(44)40-35(27-30-18-11-8-12-19-30)36(42)22-14-23-49(45,46)28(2)3)39-37(43)32(24-29-16-9-7-10-17-29)25-31-20-13-21-33(26-31)50(47,48)41(4)5/h6-7,9-10,13,16-17,20-21,26,28,30,32,34-36,42H,1,8,11-12,14-15,18-19,22-25,27H2,2-5H3,(H,39,43)(H,40,44)/t32?,34-,35-,36?/m0/s1. The third-order valence-corrected chi connectivity index (χ3v) is 13.7. The van der Waals surface area contributed by atoms with Crippen LogP contribution >= 0.6 is 0 Å². The van der Waals surface area contributed by atoms with E-state index >= 15 is 0 Å². The Kier molecular flexibility index (Phi) is 16.1. The Morgan fingerprint density at radius 2 is 1.56 bits per heavy atom. The number of benzene rings is 2. The molecule has 0 saturated heterocycles. The lowest BCUT2D eigenvalue weighted by molar-refractivity contribution is -0.132. The van der Waals surface area contributed by atoms with Crippen LogP contribution in [0.15, 0.2) is 72.1 Å². The first-order valence-electron chi connectivity index (χ1n) is 17.8. The van der Waals surface area contributed by atoms with Crippen LogP contribution in [0.3, 0.4) is 0 Å². The highest BCUT2D eigenvalue weighted by molar-refractivity contribution is 7.91. The van der Waals surface area contributed by atoms with Gasteiger partial charge in [-0.1, -0.05) is 80.6 Å². The maximum atomic E-state index is 14.0. The van der Waals surface area contributed by atoms with Crippen molar-refractivity contribution in [2.75, 3.05) is 19.8 Å². The molecule has 2 aromatic rings. The average molecular weight is 732 g/mol. The fourth-order valence-corrected chi connectivity index (χ4v) is 8.49. The lowest BCUT2D eigenvalue weighted by Crippen LogP contribution is -2.54. The Balaban J connectivity index is 1.81. The average Bonchev–Trinajstić information content (AvgIpc) is 3.08. The SMILES string of the molecule is C=CC[C@H](NC(=O)C(Cc1ccccc1)Cc1cccc(S(=O)(=O)N(C)C)c1)C(=O)N[C@@H](CC1CCCCC1)C(O)CCCS(=O)(=O)C(C)C. The van der Waals surface area contributed by atoms with Gasteiger partial charge in [0.05, 0.1) is 28.0 Å². The summed E-state index contributed by atoms with van der Waals surface area (Å²) in [4.78, 5) is 28.0. The lowest BCUT2D eigenvalue weighted by Gasteiger charge is -2.31. The molecule has 1 aliphatic rings. The molecule has 1 saturated carbocycles. The maximum Gasteiger partial charge on any atom is 0.243 e. The first-order valence-corrected chi connectivity index (χ1v) is 21.0. The third-order valence-electron chi connectivity index (χ3n) is 9.64. The molecule has 3 rings (SSSR count). The predicted molar refractivity (Wildman–Crippen MR) is 199 cm³/mol. The molecule has 50 heavy (non-hydrogen) atoms. The summed E-state index contributed by atoms with van der Waals surface area (Å²) < 4.78 is 51.6. The minimum Gasteiger partial charge on any atom is -0.391 e. The van der Waals surface area contributed by atoms with Gasteiger partial charge in [0, 0.05) is 20.0 Å². The second-order valence-electron chi connectivity index (χ2n) is 14.1. The fraction of sp³-hybridized carbons (Fsp3) is 0.579. The summed E-state index contributed by atoms with van der Waals surface area (Å²) in [7, 11) is -4.01. The third kappa shape index (κ3) is 12.6. The van der Waals surface area contributed by atoms with Crippen LogP contribution in [-0.2, 0) is 42.3 Å². The number of aliphatic hydroxyl groups is 1. The number of sulfonamides is 1. The van der Waals surface area contributed by atoms with Crippen LogP contribution in [0.4, 0.5) is 0 Å². The van der Waals surface area contributed by atoms with Gasteiger partial charge in [-0.05, 0) is 81.5 Å². The lowest BCUT2D eigenvalue weighted by atomic mass is 9.83. The maximum absolute atomic E-state index is 14.0. The van der Waals surface area contributed by atoms with E-state index in [1.807, 2.05) is 30.3 Å². The van der Waals surface area contributed by atoms with E-state index in [1.54, 1.807) is 38.1 Å². The molecular formula is C38H57N3O7S2. The smallest absolute Gasteiger partial charge is 0.243 e. The van der Waals surface area contributed by atoms with Gasteiger partial charge in [0.15, 0.2) is 9.84 Å². The summed E-state index contributed by atoms with van der Waals surface area (Å²) in [5, 5.41) is 16.7. The molecule has 2 aromatic carbocycles. The predicted octanol–water partition coefficient (Wildman–Crippen LogP) is 4.82. The quantitative estimate of drug-likeness (QED) is 0.165. The van der Waals surface area contributed by atoms with E-state index in [0.717, 1.165) is 42.0 Å². The van der Waals surface area contributed by atoms with E-state index in [4.69, 9.17) is 0 Å². The molecule has 4 atom stereocenters. The van der Waals surface area contributed by atoms with Gasteiger partial charge >= 0.3 is 0 Å². The Labute approximate surface area is 300 Å². The Morgan fingerprint density at radius 3 is 2.18 bits per heavy atom. The number of carbonyl (C=O) groups is 2. The number of nitrogens with one attached hydrogen (secondary N) is 2. The molecule has 278 valence electrons. The van der Waals surface area contributed by atoms with Gasteiger partial charge in [0.25, 0.3) is 0 Å². The number of sulfone groups is 1. The molecule has 1 aliphatic carbocycles. The zero-order chi connectivity index (χ0) is 36.9. The zero-order valence-corrected chi connectivity index (χ0v) is 31.7. The van der Waals surface area contributed by atoms with Gasteiger partial charge in [-0.15, -0.1) is 6.58 Å². The van der Waals surface area contributed by atoms with Crippen molar-refractivity contribution in [3.8, 4) is 0 Å². The Bertz CT molecular complexity index is 1610. The van der Waals surface area contributed by atoms with Crippen LogP contribution in [0.5, 0.6) is 0 Å². The largest absolute Gasteiger partial charge is 0.391 e. The molecule has 0 radical (unpaired) electrons. The van der Waals surface area contributed by atoms with Crippen LogP contribution in [0.1, 0.15) is 82.8 Å². The van der Waals surface area contributed by atoms with Gasteiger partial charge in [-0.25, -0.2) is 21.1 Å². The van der Waals surface area contributed by atoms with Crippen LogP contribution in [0.25, 0.3) is 0 Å². The monoisotopic (exact) mass is 731 g/mol. The highest BCUT2D eigenvalue weighted by atomic mass is 32.2.